The lowest BCUT2D eigenvalue weighted by atomic mass is 9.70. The van der Waals surface area contributed by atoms with Crippen LogP contribution in [0, 0.1) is 18.3 Å². The van der Waals surface area contributed by atoms with E-state index in [-0.39, 0.29) is 6.04 Å². The minimum atomic E-state index is 0.149. The maximum absolute atomic E-state index is 6.64. The Morgan fingerprint density at radius 3 is 2.56 bits per heavy atom. The lowest BCUT2D eigenvalue weighted by molar-refractivity contribution is 0.183. The van der Waals surface area contributed by atoms with Crippen molar-refractivity contribution in [3.05, 3.63) is 29.6 Å². The third kappa shape index (κ3) is 2.59. The number of aromatic nitrogens is 1. The van der Waals surface area contributed by atoms with Gasteiger partial charge in [-0.2, -0.15) is 0 Å². The molecule has 0 aliphatic heterocycles. The quantitative estimate of drug-likeness (QED) is 0.872. The summed E-state index contributed by atoms with van der Waals surface area (Å²) in [5, 5.41) is 0. The molecule has 1 heterocycles. The minimum Gasteiger partial charge on any atom is -0.323 e. The first kappa shape index (κ1) is 13.5. The van der Waals surface area contributed by atoms with Crippen LogP contribution >= 0.6 is 0 Å². The Balaban J connectivity index is 2.29. The zero-order valence-electron chi connectivity index (χ0n) is 11.9. The number of pyridine rings is 1. The zero-order chi connectivity index (χ0) is 13.2. The summed E-state index contributed by atoms with van der Waals surface area (Å²) in [5.74, 6) is 0.714. The van der Waals surface area contributed by atoms with Crippen LogP contribution in [0.25, 0.3) is 0 Å². The summed E-state index contributed by atoms with van der Waals surface area (Å²) < 4.78 is 0. The normalized spacial score (nSPS) is 20.3. The Kier molecular flexibility index (Phi) is 4.06. The van der Waals surface area contributed by atoms with Crippen molar-refractivity contribution in [3.63, 3.8) is 0 Å². The van der Waals surface area contributed by atoms with Crippen LogP contribution in [0.15, 0.2) is 18.5 Å². The van der Waals surface area contributed by atoms with E-state index in [2.05, 4.69) is 31.8 Å². The predicted octanol–water partition coefficient (Wildman–Crippen LogP) is 4.00. The molecule has 1 fully saturated rings. The Morgan fingerprint density at radius 2 is 2.00 bits per heavy atom. The molecule has 1 aliphatic carbocycles. The fraction of sp³-hybridized carbons (Fsp3) is 0.688. The standard InChI is InChI=1S/C16H26N2/c1-12(2)10-16(7-4-5-8-16)15(17)14-11-18-9-6-13(14)3/h6,9,11-12,15H,4-5,7-8,10,17H2,1-3H3. The first-order valence-corrected chi connectivity index (χ1v) is 7.21. The van der Waals surface area contributed by atoms with Crippen molar-refractivity contribution in [1.29, 1.82) is 0 Å². The molecule has 2 rings (SSSR count). The molecule has 1 aliphatic rings. The molecular formula is C16H26N2. The number of hydrogen-bond donors (Lipinski definition) is 1. The van der Waals surface area contributed by atoms with Crippen molar-refractivity contribution in [2.45, 2.75) is 58.9 Å². The molecule has 1 atom stereocenters. The van der Waals surface area contributed by atoms with Crippen LogP contribution in [-0.4, -0.2) is 4.98 Å². The van der Waals surface area contributed by atoms with Crippen molar-refractivity contribution >= 4 is 0 Å². The van der Waals surface area contributed by atoms with E-state index in [1.807, 2.05) is 12.4 Å². The van der Waals surface area contributed by atoms with Gasteiger partial charge in [0.2, 0.25) is 0 Å². The van der Waals surface area contributed by atoms with E-state index >= 15 is 0 Å². The maximum atomic E-state index is 6.64. The second-order valence-electron chi connectivity index (χ2n) is 6.38. The molecule has 100 valence electrons. The van der Waals surface area contributed by atoms with E-state index < -0.39 is 0 Å². The summed E-state index contributed by atoms with van der Waals surface area (Å²) in [6, 6.07) is 2.23. The third-order valence-corrected chi connectivity index (χ3v) is 4.49. The van der Waals surface area contributed by atoms with Crippen LogP contribution in [0.5, 0.6) is 0 Å². The second kappa shape index (κ2) is 5.40. The summed E-state index contributed by atoms with van der Waals surface area (Å²) in [4.78, 5) is 4.27. The predicted molar refractivity (Wildman–Crippen MR) is 76.3 cm³/mol. The Labute approximate surface area is 111 Å². The van der Waals surface area contributed by atoms with Gasteiger partial charge in [-0.3, -0.25) is 4.98 Å². The number of nitrogens with two attached hydrogens (primary N) is 1. The highest BCUT2D eigenvalue weighted by Gasteiger charge is 2.40. The lowest BCUT2D eigenvalue weighted by Crippen LogP contribution is -2.34. The Bertz CT molecular complexity index is 392. The highest BCUT2D eigenvalue weighted by atomic mass is 14.7. The zero-order valence-corrected chi connectivity index (χ0v) is 11.9. The van der Waals surface area contributed by atoms with Gasteiger partial charge in [-0.25, -0.2) is 0 Å². The molecule has 1 aromatic heterocycles. The molecule has 2 heteroatoms. The van der Waals surface area contributed by atoms with Gasteiger partial charge in [-0.15, -0.1) is 0 Å². The monoisotopic (exact) mass is 246 g/mol. The number of aryl methyl sites for hydroxylation is 1. The first-order chi connectivity index (χ1) is 8.55. The van der Waals surface area contributed by atoms with Gasteiger partial charge in [0.15, 0.2) is 0 Å². The number of hydrogen-bond acceptors (Lipinski definition) is 2. The van der Waals surface area contributed by atoms with Gasteiger partial charge in [0.1, 0.15) is 0 Å². The van der Waals surface area contributed by atoms with Crippen LogP contribution in [-0.2, 0) is 0 Å². The van der Waals surface area contributed by atoms with Crippen LogP contribution in [0.3, 0.4) is 0 Å². The molecule has 18 heavy (non-hydrogen) atoms. The molecule has 1 aromatic rings. The highest BCUT2D eigenvalue weighted by molar-refractivity contribution is 5.27. The van der Waals surface area contributed by atoms with Gasteiger partial charge in [0.25, 0.3) is 0 Å². The van der Waals surface area contributed by atoms with Crippen LogP contribution in [0.2, 0.25) is 0 Å². The molecule has 0 spiro atoms. The van der Waals surface area contributed by atoms with Gasteiger partial charge in [-0.1, -0.05) is 26.7 Å². The average molecular weight is 246 g/mol. The van der Waals surface area contributed by atoms with E-state index in [9.17, 15) is 0 Å². The van der Waals surface area contributed by atoms with Crippen molar-refractivity contribution in [3.8, 4) is 0 Å². The van der Waals surface area contributed by atoms with Gasteiger partial charge in [-0.05, 0) is 54.7 Å². The molecule has 1 unspecified atom stereocenters. The first-order valence-electron chi connectivity index (χ1n) is 7.21. The fourth-order valence-electron chi connectivity index (χ4n) is 3.67. The van der Waals surface area contributed by atoms with Crippen molar-refractivity contribution in [2.24, 2.45) is 17.1 Å². The van der Waals surface area contributed by atoms with Crippen molar-refractivity contribution in [2.75, 3.05) is 0 Å². The summed E-state index contributed by atoms with van der Waals surface area (Å²) >= 11 is 0. The molecule has 0 radical (unpaired) electrons. The molecular weight excluding hydrogens is 220 g/mol. The van der Waals surface area contributed by atoms with Crippen molar-refractivity contribution in [1.82, 2.24) is 4.98 Å². The maximum Gasteiger partial charge on any atom is 0.0370 e. The second-order valence-corrected chi connectivity index (χ2v) is 6.38. The Morgan fingerprint density at radius 1 is 1.33 bits per heavy atom. The minimum absolute atomic E-state index is 0.149. The van der Waals surface area contributed by atoms with E-state index in [1.54, 1.807) is 0 Å². The van der Waals surface area contributed by atoms with Crippen LogP contribution in [0.1, 0.15) is 63.1 Å². The number of rotatable bonds is 4. The molecule has 1 saturated carbocycles. The van der Waals surface area contributed by atoms with Gasteiger partial charge in [0, 0.05) is 18.4 Å². The van der Waals surface area contributed by atoms with Crippen LogP contribution in [0.4, 0.5) is 0 Å². The molecule has 0 bridgehead atoms. The number of nitrogens with zero attached hydrogens (tertiary/aromatic N) is 1. The average Bonchev–Trinajstić information content (AvgIpc) is 2.77. The van der Waals surface area contributed by atoms with E-state index in [1.165, 1.54) is 43.2 Å². The van der Waals surface area contributed by atoms with Crippen molar-refractivity contribution < 1.29 is 0 Å². The Hall–Kier alpha value is -0.890. The summed E-state index contributed by atoms with van der Waals surface area (Å²) in [7, 11) is 0. The third-order valence-electron chi connectivity index (χ3n) is 4.49. The van der Waals surface area contributed by atoms with E-state index in [0.717, 1.165) is 0 Å². The molecule has 0 aromatic carbocycles. The van der Waals surface area contributed by atoms with Gasteiger partial charge in [0.05, 0.1) is 0 Å². The smallest absolute Gasteiger partial charge is 0.0370 e. The van der Waals surface area contributed by atoms with E-state index in [0.29, 0.717) is 11.3 Å². The summed E-state index contributed by atoms with van der Waals surface area (Å²) in [6.07, 6.45) is 10.3. The lowest BCUT2D eigenvalue weighted by Gasteiger charge is -2.37. The summed E-state index contributed by atoms with van der Waals surface area (Å²) in [6.45, 7) is 6.76. The highest BCUT2D eigenvalue weighted by Crippen LogP contribution is 2.50. The molecule has 0 amide bonds. The largest absolute Gasteiger partial charge is 0.323 e. The van der Waals surface area contributed by atoms with E-state index in [4.69, 9.17) is 5.73 Å². The summed E-state index contributed by atoms with van der Waals surface area (Å²) in [5.41, 5.74) is 9.49. The SMILES string of the molecule is Cc1ccncc1C(N)C1(CC(C)C)CCCC1. The van der Waals surface area contributed by atoms with Gasteiger partial charge < -0.3 is 5.73 Å². The molecule has 0 saturated heterocycles. The van der Waals surface area contributed by atoms with Gasteiger partial charge >= 0.3 is 0 Å². The topological polar surface area (TPSA) is 38.9 Å². The molecule has 2 nitrogen and oxygen atoms in total. The molecule has 2 N–H and O–H groups in total. The fourth-order valence-corrected chi connectivity index (χ4v) is 3.67. The van der Waals surface area contributed by atoms with Crippen LogP contribution < -0.4 is 5.73 Å².